The molecule has 0 amide bonds. The Labute approximate surface area is 375 Å². The number of hydrogen-bond donors (Lipinski definition) is 1. The van der Waals surface area contributed by atoms with E-state index < -0.39 is 0 Å². The SMILES string of the molecule is NC(CC(CCc1ccc2c(c1)N(C1=CCCCC1)C1CCCCC21)C1C=C2C(CC1)C1=C(CCCC1)N2C1CCCCC1)C1CCC2=C(C1)C1CCC=CC1c1ccccc12. The van der Waals surface area contributed by atoms with E-state index in [2.05, 4.69) is 76.6 Å². The van der Waals surface area contributed by atoms with Crippen LogP contribution in [0.5, 0.6) is 0 Å². The van der Waals surface area contributed by atoms with Gasteiger partial charge >= 0.3 is 0 Å². The molecule has 2 N–H and O–H groups in total. The van der Waals surface area contributed by atoms with Crippen molar-refractivity contribution < 1.29 is 0 Å². The first-order valence-corrected chi connectivity index (χ1v) is 26.8. The topological polar surface area (TPSA) is 32.5 Å². The van der Waals surface area contributed by atoms with Crippen molar-refractivity contribution in [1.82, 2.24) is 4.90 Å². The molecule has 9 unspecified atom stereocenters. The smallest absolute Gasteiger partial charge is 0.0449 e. The fourth-order valence-electron chi connectivity index (χ4n) is 16.1. The number of aryl methyl sites for hydroxylation is 1. The van der Waals surface area contributed by atoms with Crippen LogP contribution in [0.4, 0.5) is 5.69 Å². The highest BCUT2D eigenvalue weighted by molar-refractivity contribution is 5.76. The van der Waals surface area contributed by atoms with Gasteiger partial charge in [0.15, 0.2) is 0 Å². The van der Waals surface area contributed by atoms with E-state index in [1.807, 2.05) is 5.57 Å². The standard InChI is InChI=1S/C59H77N3/c60-55(42-31-33-49-47-21-8-7-19-45(47)46-20-9-10-22-48(46)54(49)36-42)37-40(41-30-34-53-51-24-12-14-26-57(51)62(59(53)38-41)44-17-5-2-6-18-44)29-27-39-28-32-52-50-23-11-13-25-56(50)61(58(52)35-39)43-15-3-1-4-16-43/h7-9,15,19-21,28,32,35,38,40-42,44,46,48,50,53,55-56H,1-6,10-14,16-18,22-27,29-31,33-34,36-37,60H2. The van der Waals surface area contributed by atoms with Crippen molar-refractivity contribution in [1.29, 1.82) is 0 Å². The number of fused-ring (bicyclic) bond motifs is 10. The highest BCUT2D eigenvalue weighted by atomic mass is 15.2. The summed E-state index contributed by atoms with van der Waals surface area (Å²) < 4.78 is 0. The molecular weight excluding hydrogens is 751 g/mol. The van der Waals surface area contributed by atoms with E-state index in [1.165, 1.54) is 173 Å². The molecule has 0 spiro atoms. The number of hydrogen-bond acceptors (Lipinski definition) is 3. The molecule has 0 saturated heterocycles. The summed E-state index contributed by atoms with van der Waals surface area (Å²) in [7, 11) is 0. The van der Waals surface area contributed by atoms with E-state index in [1.54, 1.807) is 56.2 Å². The lowest BCUT2D eigenvalue weighted by Crippen LogP contribution is -2.38. The first-order chi connectivity index (χ1) is 30.7. The first-order valence-electron chi connectivity index (χ1n) is 26.8. The third-order valence-electron chi connectivity index (χ3n) is 19.1. The van der Waals surface area contributed by atoms with Crippen LogP contribution in [-0.4, -0.2) is 23.0 Å². The summed E-state index contributed by atoms with van der Waals surface area (Å²) in [5.74, 6) is 4.52. The normalized spacial score (nSPS) is 32.8. The molecule has 0 bridgehead atoms. The largest absolute Gasteiger partial charge is 0.345 e. The molecule has 2 fully saturated rings. The molecule has 10 aliphatic rings. The van der Waals surface area contributed by atoms with Gasteiger partial charge in [-0.2, -0.15) is 0 Å². The highest BCUT2D eigenvalue weighted by Gasteiger charge is 2.45. The second-order valence-electron chi connectivity index (χ2n) is 22.3. The van der Waals surface area contributed by atoms with E-state index in [0.717, 1.165) is 12.0 Å². The van der Waals surface area contributed by atoms with Gasteiger partial charge in [0.1, 0.15) is 0 Å². The predicted octanol–water partition coefficient (Wildman–Crippen LogP) is 15.0. The molecular formula is C59H77N3. The van der Waals surface area contributed by atoms with Crippen LogP contribution in [0.3, 0.4) is 0 Å². The minimum atomic E-state index is 0.265. The van der Waals surface area contributed by atoms with E-state index in [-0.39, 0.29) is 6.04 Å². The summed E-state index contributed by atoms with van der Waals surface area (Å²) in [5, 5.41) is 0. The van der Waals surface area contributed by atoms with Crippen LogP contribution in [0.15, 0.2) is 95.0 Å². The van der Waals surface area contributed by atoms with Crippen molar-refractivity contribution in [2.45, 2.75) is 203 Å². The average Bonchev–Trinajstić information content (AvgIpc) is 3.85. The molecule has 9 atom stereocenters. The maximum Gasteiger partial charge on any atom is 0.0449 e. The molecule has 2 heterocycles. The number of benzene rings is 2. The van der Waals surface area contributed by atoms with Crippen LogP contribution in [0.2, 0.25) is 0 Å². The van der Waals surface area contributed by atoms with E-state index in [0.29, 0.717) is 41.5 Å². The summed E-state index contributed by atoms with van der Waals surface area (Å²) in [6.45, 7) is 0. The zero-order valence-corrected chi connectivity index (χ0v) is 38.2. The van der Waals surface area contributed by atoms with Crippen molar-refractivity contribution in [3.8, 4) is 0 Å². The quantitative estimate of drug-likeness (QED) is 0.256. The van der Waals surface area contributed by atoms with Crippen LogP contribution >= 0.6 is 0 Å². The van der Waals surface area contributed by atoms with Gasteiger partial charge in [0.2, 0.25) is 0 Å². The third-order valence-corrected chi connectivity index (χ3v) is 19.1. The lowest BCUT2D eigenvalue weighted by atomic mass is 9.62. The molecule has 3 nitrogen and oxygen atoms in total. The number of nitrogens with two attached hydrogens (primary N) is 1. The molecule has 2 saturated carbocycles. The lowest BCUT2D eigenvalue weighted by Gasteiger charge is -2.43. The number of nitrogens with zero attached hydrogens (tertiary/aromatic N) is 2. The van der Waals surface area contributed by atoms with Gasteiger partial charge in [-0.1, -0.05) is 98.4 Å². The Bertz CT molecular complexity index is 2160. The zero-order valence-electron chi connectivity index (χ0n) is 38.2. The second-order valence-corrected chi connectivity index (χ2v) is 22.3. The number of allylic oxidation sites excluding steroid dienone is 9. The molecule has 2 aromatic rings. The molecule has 3 heteroatoms. The molecule has 2 aromatic carbocycles. The van der Waals surface area contributed by atoms with Crippen molar-refractivity contribution in [2.75, 3.05) is 4.90 Å². The van der Waals surface area contributed by atoms with Gasteiger partial charge in [-0.3, -0.25) is 0 Å². The second kappa shape index (κ2) is 17.2. The third kappa shape index (κ3) is 7.16. The maximum absolute atomic E-state index is 7.71. The van der Waals surface area contributed by atoms with E-state index >= 15 is 0 Å². The Hall–Kier alpha value is -3.30. The Morgan fingerprint density at radius 2 is 1.56 bits per heavy atom. The first kappa shape index (κ1) is 40.2. The van der Waals surface area contributed by atoms with Crippen LogP contribution in [0.25, 0.3) is 5.57 Å². The molecule has 8 aliphatic carbocycles. The average molecular weight is 828 g/mol. The molecule has 12 rings (SSSR count). The zero-order chi connectivity index (χ0) is 41.1. The maximum atomic E-state index is 7.71. The fraction of sp³-hybridized carbons (Fsp3) is 0.627. The molecule has 0 radical (unpaired) electrons. The summed E-state index contributed by atoms with van der Waals surface area (Å²) in [6, 6.07) is 19.0. The van der Waals surface area contributed by atoms with Crippen molar-refractivity contribution in [3.63, 3.8) is 0 Å². The summed E-state index contributed by atoms with van der Waals surface area (Å²) >= 11 is 0. The summed E-state index contributed by atoms with van der Waals surface area (Å²) in [6.07, 6.45) is 46.5. The Balaban J connectivity index is 0.847. The minimum Gasteiger partial charge on any atom is -0.345 e. The Kier molecular flexibility index (Phi) is 11.2. The van der Waals surface area contributed by atoms with Crippen molar-refractivity contribution in [3.05, 3.63) is 117 Å². The molecule has 62 heavy (non-hydrogen) atoms. The summed E-state index contributed by atoms with van der Waals surface area (Å²) in [5.41, 5.74) is 26.3. The van der Waals surface area contributed by atoms with E-state index in [9.17, 15) is 0 Å². The molecule has 0 aromatic heterocycles. The van der Waals surface area contributed by atoms with Gasteiger partial charge in [0.25, 0.3) is 0 Å². The Morgan fingerprint density at radius 3 is 2.48 bits per heavy atom. The molecule has 2 aliphatic heterocycles. The number of anilines is 1. The van der Waals surface area contributed by atoms with Crippen LogP contribution in [0, 0.1) is 29.6 Å². The van der Waals surface area contributed by atoms with Crippen molar-refractivity contribution in [2.24, 2.45) is 35.3 Å². The van der Waals surface area contributed by atoms with Gasteiger partial charge in [-0.15, -0.1) is 0 Å². The predicted molar refractivity (Wildman–Crippen MR) is 259 cm³/mol. The van der Waals surface area contributed by atoms with Gasteiger partial charge in [-0.05, 0) is 204 Å². The van der Waals surface area contributed by atoms with Crippen LogP contribution in [0.1, 0.15) is 201 Å². The van der Waals surface area contributed by atoms with Gasteiger partial charge in [0.05, 0.1) is 0 Å². The summed E-state index contributed by atoms with van der Waals surface area (Å²) in [4.78, 5) is 5.90. The lowest BCUT2D eigenvalue weighted by molar-refractivity contribution is 0.211. The van der Waals surface area contributed by atoms with Gasteiger partial charge < -0.3 is 15.5 Å². The van der Waals surface area contributed by atoms with Crippen LogP contribution in [-0.2, 0) is 6.42 Å². The number of rotatable bonds is 9. The fourth-order valence-corrected chi connectivity index (χ4v) is 16.1. The highest BCUT2D eigenvalue weighted by Crippen LogP contribution is 2.56. The van der Waals surface area contributed by atoms with Gasteiger partial charge in [0, 0.05) is 58.7 Å². The van der Waals surface area contributed by atoms with E-state index in [4.69, 9.17) is 5.73 Å². The minimum absolute atomic E-state index is 0.265. The van der Waals surface area contributed by atoms with Crippen molar-refractivity contribution >= 4 is 11.3 Å². The monoisotopic (exact) mass is 828 g/mol. The van der Waals surface area contributed by atoms with Crippen LogP contribution < -0.4 is 10.6 Å². The Morgan fingerprint density at radius 1 is 0.694 bits per heavy atom. The molecule has 328 valence electrons. The van der Waals surface area contributed by atoms with Gasteiger partial charge in [-0.25, -0.2) is 0 Å².